The molecule has 0 aromatic carbocycles. The van der Waals surface area contributed by atoms with E-state index in [0.29, 0.717) is 5.69 Å². The number of piperidine rings is 1. The molecule has 1 amide bonds. The number of ether oxygens (including phenoxy) is 2. The van der Waals surface area contributed by atoms with Gasteiger partial charge in [-0.1, -0.05) is 13.3 Å². The van der Waals surface area contributed by atoms with Crippen LogP contribution in [0.5, 0.6) is 0 Å². The van der Waals surface area contributed by atoms with E-state index in [1.807, 2.05) is 31.9 Å². The Hall–Kier alpha value is -1.44. The molecule has 4 heterocycles. The standard InChI is InChI=1S/C24H39N3O4/c1-6-7-17-14-18(26(5)25-17)21(29)27-12-10-24(11-13-27)15-20(30-16-24)23(4)9-8-19(28)22(2,3)31-23/h14,19-20,28H,6-13,15-16H2,1-5H3/t19-,20+,23+/m0/s1. The molecule has 174 valence electrons. The lowest BCUT2D eigenvalue weighted by Gasteiger charge is -2.48. The third-order valence-corrected chi connectivity index (χ3v) is 7.87. The summed E-state index contributed by atoms with van der Waals surface area (Å²) in [7, 11) is 1.86. The Balaban J connectivity index is 1.37. The smallest absolute Gasteiger partial charge is 0.272 e. The predicted molar refractivity (Wildman–Crippen MR) is 118 cm³/mol. The topological polar surface area (TPSA) is 76.8 Å². The van der Waals surface area contributed by atoms with Crippen molar-refractivity contribution < 1.29 is 19.4 Å². The third kappa shape index (κ3) is 4.29. The molecular weight excluding hydrogens is 394 g/mol. The molecule has 1 N–H and O–H groups in total. The first-order chi connectivity index (χ1) is 14.6. The van der Waals surface area contributed by atoms with Crippen LogP contribution in [0.2, 0.25) is 0 Å². The van der Waals surface area contributed by atoms with Gasteiger partial charge in [0.05, 0.1) is 35.7 Å². The first-order valence-corrected chi connectivity index (χ1v) is 11.9. The zero-order chi connectivity index (χ0) is 22.4. The highest BCUT2D eigenvalue weighted by Gasteiger charge is 2.53. The van der Waals surface area contributed by atoms with E-state index in [9.17, 15) is 9.90 Å². The predicted octanol–water partition coefficient (Wildman–Crippen LogP) is 3.09. The van der Waals surface area contributed by atoms with Crippen molar-refractivity contribution in [2.75, 3.05) is 19.7 Å². The van der Waals surface area contributed by atoms with Gasteiger partial charge in [-0.25, -0.2) is 0 Å². The summed E-state index contributed by atoms with van der Waals surface area (Å²) >= 11 is 0. The summed E-state index contributed by atoms with van der Waals surface area (Å²) in [4.78, 5) is 15.1. The van der Waals surface area contributed by atoms with Crippen LogP contribution in [0.15, 0.2) is 6.07 Å². The second-order valence-corrected chi connectivity index (χ2v) is 10.8. The number of carbonyl (C=O) groups is 1. The number of aryl methyl sites for hydroxylation is 2. The number of aliphatic hydroxyl groups is 1. The van der Waals surface area contributed by atoms with Gasteiger partial charge in [-0.05, 0) is 70.8 Å². The van der Waals surface area contributed by atoms with Crippen molar-refractivity contribution in [2.24, 2.45) is 12.5 Å². The Morgan fingerprint density at radius 1 is 1.26 bits per heavy atom. The van der Waals surface area contributed by atoms with Crippen molar-refractivity contribution in [2.45, 2.75) is 96.1 Å². The molecule has 3 saturated heterocycles. The molecule has 3 atom stereocenters. The SMILES string of the molecule is CCCc1cc(C(=O)N2CCC3(CC2)CO[C@@H]([C@@]2(C)CC[C@H](O)C(C)(C)O2)C3)n(C)n1. The number of hydrogen-bond donors (Lipinski definition) is 1. The normalized spacial score (nSPS) is 32.5. The minimum Gasteiger partial charge on any atom is -0.390 e. The van der Waals surface area contributed by atoms with Crippen LogP contribution in [-0.2, 0) is 22.9 Å². The van der Waals surface area contributed by atoms with Gasteiger partial charge in [0.15, 0.2) is 0 Å². The Labute approximate surface area is 186 Å². The van der Waals surface area contributed by atoms with Gasteiger partial charge in [0.2, 0.25) is 0 Å². The zero-order valence-corrected chi connectivity index (χ0v) is 19.8. The molecule has 0 bridgehead atoms. The maximum atomic E-state index is 13.1. The lowest BCUT2D eigenvalue weighted by atomic mass is 9.73. The van der Waals surface area contributed by atoms with E-state index in [1.165, 1.54) is 0 Å². The van der Waals surface area contributed by atoms with Gasteiger partial charge in [-0.3, -0.25) is 9.48 Å². The van der Waals surface area contributed by atoms with Crippen molar-refractivity contribution in [3.05, 3.63) is 17.5 Å². The number of aromatic nitrogens is 2. The van der Waals surface area contributed by atoms with Gasteiger partial charge in [0.25, 0.3) is 5.91 Å². The maximum Gasteiger partial charge on any atom is 0.272 e. The molecule has 3 aliphatic heterocycles. The van der Waals surface area contributed by atoms with E-state index in [4.69, 9.17) is 9.47 Å². The molecule has 0 unspecified atom stereocenters. The van der Waals surface area contributed by atoms with Gasteiger partial charge in [0.1, 0.15) is 5.69 Å². The van der Waals surface area contributed by atoms with Crippen molar-refractivity contribution in [3.63, 3.8) is 0 Å². The van der Waals surface area contributed by atoms with Crippen LogP contribution in [-0.4, -0.2) is 68.8 Å². The number of likely N-dealkylation sites (tertiary alicyclic amines) is 1. The summed E-state index contributed by atoms with van der Waals surface area (Å²) in [5.74, 6) is 0.0842. The Morgan fingerprint density at radius 2 is 1.97 bits per heavy atom. The lowest BCUT2D eigenvalue weighted by molar-refractivity contribution is -0.245. The minimum atomic E-state index is -0.554. The number of rotatable bonds is 4. The molecule has 3 fully saturated rings. The zero-order valence-electron chi connectivity index (χ0n) is 19.8. The number of hydrogen-bond acceptors (Lipinski definition) is 5. The van der Waals surface area contributed by atoms with Crippen molar-refractivity contribution in [3.8, 4) is 0 Å². The van der Waals surface area contributed by atoms with Crippen molar-refractivity contribution in [1.82, 2.24) is 14.7 Å². The van der Waals surface area contributed by atoms with Crippen molar-refractivity contribution >= 4 is 5.91 Å². The molecule has 0 saturated carbocycles. The second-order valence-electron chi connectivity index (χ2n) is 10.8. The minimum absolute atomic E-state index is 0.0372. The van der Waals surface area contributed by atoms with Gasteiger partial charge in [0, 0.05) is 20.1 Å². The fraction of sp³-hybridized carbons (Fsp3) is 0.833. The highest BCUT2D eigenvalue weighted by atomic mass is 16.6. The van der Waals surface area contributed by atoms with Crippen LogP contribution in [0.1, 0.15) is 82.4 Å². The van der Waals surface area contributed by atoms with Gasteiger partial charge < -0.3 is 19.5 Å². The molecule has 0 radical (unpaired) electrons. The fourth-order valence-corrected chi connectivity index (χ4v) is 5.70. The van der Waals surface area contributed by atoms with E-state index in [1.54, 1.807) is 4.68 Å². The number of nitrogens with zero attached hydrogens (tertiary/aromatic N) is 3. The van der Waals surface area contributed by atoms with Gasteiger partial charge >= 0.3 is 0 Å². The molecule has 0 aliphatic carbocycles. The van der Waals surface area contributed by atoms with E-state index in [0.717, 1.165) is 70.3 Å². The highest BCUT2D eigenvalue weighted by Crippen LogP contribution is 2.49. The maximum absolute atomic E-state index is 13.1. The fourth-order valence-electron chi connectivity index (χ4n) is 5.70. The van der Waals surface area contributed by atoms with Gasteiger partial charge in [-0.15, -0.1) is 0 Å². The average Bonchev–Trinajstić information content (AvgIpc) is 3.29. The summed E-state index contributed by atoms with van der Waals surface area (Å²) in [6.07, 6.45) is 5.95. The summed E-state index contributed by atoms with van der Waals surface area (Å²) in [5, 5.41) is 14.8. The first kappa shape index (κ1) is 22.7. The average molecular weight is 434 g/mol. The summed E-state index contributed by atoms with van der Waals surface area (Å²) in [5.41, 5.74) is 0.866. The second kappa shape index (κ2) is 8.16. The van der Waals surface area contributed by atoms with Gasteiger partial charge in [-0.2, -0.15) is 5.10 Å². The van der Waals surface area contributed by atoms with Crippen LogP contribution in [0, 0.1) is 5.41 Å². The molecule has 1 spiro atoms. The summed E-state index contributed by atoms with van der Waals surface area (Å²) < 4.78 is 14.4. The van der Waals surface area contributed by atoms with Crippen LogP contribution in [0.3, 0.4) is 0 Å². The molecule has 7 nitrogen and oxygen atoms in total. The van der Waals surface area contributed by atoms with Crippen LogP contribution in [0.25, 0.3) is 0 Å². The molecule has 4 rings (SSSR count). The lowest BCUT2D eigenvalue weighted by Crippen LogP contribution is -2.56. The quantitative estimate of drug-likeness (QED) is 0.790. The van der Waals surface area contributed by atoms with Crippen LogP contribution < -0.4 is 0 Å². The molecule has 3 aliphatic rings. The number of aliphatic hydroxyl groups excluding tert-OH is 1. The van der Waals surface area contributed by atoms with E-state index >= 15 is 0 Å². The third-order valence-electron chi connectivity index (χ3n) is 7.87. The Kier molecular flexibility index (Phi) is 5.99. The van der Waals surface area contributed by atoms with Crippen molar-refractivity contribution in [1.29, 1.82) is 0 Å². The van der Waals surface area contributed by atoms with E-state index < -0.39 is 11.7 Å². The molecule has 7 heteroatoms. The first-order valence-electron chi connectivity index (χ1n) is 11.9. The summed E-state index contributed by atoms with van der Waals surface area (Å²) in [6, 6.07) is 1.95. The van der Waals surface area contributed by atoms with E-state index in [2.05, 4.69) is 18.9 Å². The van der Waals surface area contributed by atoms with E-state index in [-0.39, 0.29) is 23.0 Å². The number of amides is 1. The summed E-state index contributed by atoms with van der Waals surface area (Å²) in [6.45, 7) is 10.4. The Morgan fingerprint density at radius 3 is 2.61 bits per heavy atom. The monoisotopic (exact) mass is 433 g/mol. The molecule has 31 heavy (non-hydrogen) atoms. The molecular formula is C24H39N3O4. The molecule has 1 aromatic heterocycles. The number of carbonyl (C=O) groups excluding carboxylic acids is 1. The highest BCUT2D eigenvalue weighted by molar-refractivity contribution is 5.92. The Bertz CT molecular complexity index is 812. The van der Waals surface area contributed by atoms with Crippen LogP contribution in [0.4, 0.5) is 0 Å². The van der Waals surface area contributed by atoms with Crippen LogP contribution >= 0.6 is 0 Å². The largest absolute Gasteiger partial charge is 0.390 e. The molecule has 1 aromatic rings.